The molecule has 1 unspecified atom stereocenters. The summed E-state index contributed by atoms with van der Waals surface area (Å²) in [6.07, 6.45) is 8.38. The van der Waals surface area contributed by atoms with Crippen molar-refractivity contribution >= 4 is 11.1 Å². The van der Waals surface area contributed by atoms with Crippen LogP contribution in [0.15, 0.2) is 28.7 Å². The topological polar surface area (TPSA) is 29.3 Å². The quantitative estimate of drug-likeness (QED) is 0.846. The average molecular weight is 284 g/mol. The minimum absolute atomic E-state index is 0.487. The Hall–Kier alpha value is -1.35. The Morgan fingerprint density at radius 2 is 1.95 bits per heavy atom. The molecule has 0 bridgehead atoms. The molecule has 4 rings (SSSR count). The normalized spacial score (nSPS) is 24.9. The van der Waals surface area contributed by atoms with Crippen LogP contribution in [-0.4, -0.2) is 29.5 Å². The van der Waals surface area contributed by atoms with E-state index >= 15 is 0 Å². The molecular formula is C18H24N2O. The maximum Gasteiger partial charge on any atom is 0.199 e. The molecule has 2 aromatic rings. The molecule has 1 aromatic heterocycles. The van der Waals surface area contributed by atoms with Gasteiger partial charge in [-0.25, -0.2) is 4.98 Å². The minimum Gasteiger partial charge on any atom is -0.440 e. The Kier molecular flexibility index (Phi) is 3.68. The van der Waals surface area contributed by atoms with Crippen LogP contribution in [0, 0.1) is 5.92 Å². The first kappa shape index (κ1) is 13.3. The zero-order valence-electron chi connectivity index (χ0n) is 12.6. The molecule has 3 heteroatoms. The maximum atomic E-state index is 5.95. The van der Waals surface area contributed by atoms with E-state index in [-0.39, 0.29) is 0 Å². The lowest BCUT2D eigenvalue weighted by Gasteiger charge is -2.26. The largest absolute Gasteiger partial charge is 0.440 e. The molecule has 0 amide bonds. The van der Waals surface area contributed by atoms with Crippen LogP contribution in [0.3, 0.4) is 0 Å². The Morgan fingerprint density at radius 1 is 1.10 bits per heavy atom. The molecule has 0 N–H and O–H groups in total. The highest BCUT2D eigenvalue weighted by Crippen LogP contribution is 2.31. The van der Waals surface area contributed by atoms with Gasteiger partial charge in [-0.15, -0.1) is 0 Å². The predicted octanol–water partition coefficient (Wildman–Crippen LogP) is 4.20. The van der Waals surface area contributed by atoms with E-state index in [1.165, 1.54) is 51.6 Å². The van der Waals surface area contributed by atoms with Crippen molar-refractivity contribution in [3.63, 3.8) is 0 Å². The SMILES string of the molecule is c1ccc2oc(C3CCN(CC4CCCCC4)C3)nc2c1. The Labute approximate surface area is 126 Å². The molecule has 2 aliphatic rings. The van der Waals surface area contributed by atoms with Crippen LogP contribution >= 0.6 is 0 Å². The number of benzene rings is 1. The van der Waals surface area contributed by atoms with Gasteiger partial charge in [0.25, 0.3) is 0 Å². The molecule has 1 aliphatic heterocycles. The number of nitrogens with zero attached hydrogens (tertiary/aromatic N) is 2. The van der Waals surface area contributed by atoms with E-state index in [9.17, 15) is 0 Å². The van der Waals surface area contributed by atoms with Crippen LogP contribution in [0.25, 0.3) is 11.1 Å². The van der Waals surface area contributed by atoms with Crippen molar-refractivity contribution in [1.29, 1.82) is 0 Å². The first-order valence-electron chi connectivity index (χ1n) is 8.46. The van der Waals surface area contributed by atoms with Gasteiger partial charge < -0.3 is 9.32 Å². The number of likely N-dealkylation sites (tertiary alicyclic amines) is 1. The number of hydrogen-bond donors (Lipinski definition) is 0. The standard InChI is InChI=1S/C18H24N2O/c1-2-6-14(7-3-1)12-20-11-10-15(13-20)18-19-16-8-4-5-9-17(16)21-18/h4-5,8-9,14-15H,1-3,6-7,10-13H2. The van der Waals surface area contributed by atoms with Crippen LogP contribution < -0.4 is 0 Å². The molecule has 1 aromatic carbocycles. The van der Waals surface area contributed by atoms with Gasteiger partial charge in [0.2, 0.25) is 0 Å². The maximum absolute atomic E-state index is 5.95. The highest BCUT2D eigenvalue weighted by atomic mass is 16.3. The zero-order chi connectivity index (χ0) is 14.1. The zero-order valence-corrected chi connectivity index (χ0v) is 12.6. The fourth-order valence-electron chi connectivity index (χ4n) is 4.00. The Balaban J connectivity index is 1.41. The van der Waals surface area contributed by atoms with E-state index in [4.69, 9.17) is 4.42 Å². The van der Waals surface area contributed by atoms with Crippen LogP contribution in [-0.2, 0) is 0 Å². The molecule has 1 saturated heterocycles. The molecule has 0 spiro atoms. The molecule has 21 heavy (non-hydrogen) atoms. The van der Waals surface area contributed by atoms with Crippen LogP contribution in [0.5, 0.6) is 0 Å². The van der Waals surface area contributed by atoms with Crippen molar-refractivity contribution in [2.24, 2.45) is 5.92 Å². The smallest absolute Gasteiger partial charge is 0.199 e. The van der Waals surface area contributed by atoms with Gasteiger partial charge in [0.05, 0.1) is 0 Å². The first-order chi connectivity index (χ1) is 10.4. The third-order valence-electron chi connectivity index (χ3n) is 5.17. The Bertz CT molecular complexity index is 567. The minimum atomic E-state index is 0.487. The highest BCUT2D eigenvalue weighted by molar-refractivity contribution is 5.72. The lowest BCUT2D eigenvalue weighted by atomic mass is 9.89. The van der Waals surface area contributed by atoms with Gasteiger partial charge in [-0.3, -0.25) is 0 Å². The summed E-state index contributed by atoms with van der Waals surface area (Å²) in [5.74, 6) is 2.37. The molecule has 1 aliphatic carbocycles. The average Bonchev–Trinajstić information content (AvgIpc) is 3.14. The van der Waals surface area contributed by atoms with E-state index in [0.717, 1.165) is 29.5 Å². The van der Waals surface area contributed by atoms with Crippen molar-refractivity contribution in [3.05, 3.63) is 30.2 Å². The number of rotatable bonds is 3. The van der Waals surface area contributed by atoms with E-state index in [1.807, 2.05) is 24.3 Å². The van der Waals surface area contributed by atoms with Crippen molar-refractivity contribution in [1.82, 2.24) is 9.88 Å². The third kappa shape index (κ3) is 2.84. The number of fused-ring (bicyclic) bond motifs is 1. The summed E-state index contributed by atoms with van der Waals surface area (Å²) >= 11 is 0. The second kappa shape index (κ2) is 5.80. The van der Waals surface area contributed by atoms with Gasteiger partial charge in [0.15, 0.2) is 11.5 Å². The molecule has 2 heterocycles. The summed E-state index contributed by atoms with van der Waals surface area (Å²) in [4.78, 5) is 7.32. The summed E-state index contributed by atoms with van der Waals surface area (Å²) in [6.45, 7) is 3.62. The number of oxazole rings is 1. The number of aromatic nitrogens is 1. The highest BCUT2D eigenvalue weighted by Gasteiger charge is 2.29. The van der Waals surface area contributed by atoms with Gasteiger partial charge in [0, 0.05) is 19.0 Å². The van der Waals surface area contributed by atoms with Crippen LogP contribution in [0.4, 0.5) is 0 Å². The van der Waals surface area contributed by atoms with Crippen LogP contribution in [0.2, 0.25) is 0 Å². The van der Waals surface area contributed by atoms with Crippen molar-refractivity contribution in [3.8, 4) is 0 Å². The predicted molar refractivity (Wildman–Crippen MR) is 84.4 cm³/mol. The second-order valence-electron chi connectivity index (χ2n) is 6.77. The van der Waals surface area contributed by atoms with Crippen molar-refractivity contribution in [2.75, 3.05) is 19.6 Å². The van der Waals surface area contributed by atoms with E-state index in [1.54, 1.807) is 0 Å². The van der Waals surface area contributed by atoms with Gasteiger partial charge in [-0.05, 0) is 43.9 Å². The molecule has 112 valence electrons. The van der Waals surface area contributed by atoms with Gasteiger partial charge in [-0.1, -0.05) is 31.4 Å². The molecule has 3 nitrogen and oxygen atoms in total. The molecular weight excluding hydrogens is 260 g/mol. The molecule has 1 saturated carbocycles. The monoisotopic (exact) mass is 284 g/mol. The lowest BCUT2D eigenvalue weighted by molar-refractivity contribution is 0.230. The fraction of sp³-hybridized carbons (Fsp3) is 0.611. The number of hydrogen-bond acceptors (Lipinski definition) is 3. The summed E-state index contributed by atoms with van der Waals surface area (Å²) in [5.41, 5.74) is 1.93. The molecule has 0 radical (unpaired) electrons. The van der Waals surface area contributed by atoms with E-state index in [0.29, 0.717) is 5.92 Å². The molecule has 2 fully saturated rings. The molecule has 1 atom stereocenters. The first-order valence-corrected chi connectivity index (χ1v) is 8.46. The van der Waals surface area contributed by atoms with Gasteiger partial charge in [-0.2, -0.15) is 0 Å². The number of para-hydroxylation sites is 2. The second-order valence-corrected chi connectivity index (χ2v) is 6.77. The van der Waals surface area contributed by atoms with Crippen LogP contribution in [0.1, 0.15) is 50.3 Å². The summed E-state index contributed by atoms with van der Waals surface area (Å²) in [5, 5.41) is 0. The lowest BCUT2D eigenvalue weighted by Crippen LogP contribution is -2.28. The summed E-state index contributed by atoms with van der Waals surface area (Å²) < 4.78 is 5.95. The van der Waals surface area contributed by atoms with E-state index < -0.39 is 0 Å². The fourth-order valence-corrected chi connectivity index (χ4v) is 4.00. The van der Waals surface area contributed by atoms with Gasteiger partial charge >= 0.3 is 0 Å². The van der Waals surface area contributed by atoms with Gasteiger partial charge in [0.1, 0.15) is 5.52 Å². The van der Waals surface area contributed by atoms with Crippen molar-refractivity contribution in [2.45, 2.75) is 44.4 Å². The third-order valence-corrected chi connectivity index (χ3v) is 5.17. The summed E-state index contributed by atoms with van der Waals surface area (Å²) in [6, 6.07) is 8.09. The van der Waals surface area contributed by atoms with E-state index in [2.05, 4.69) is 9.88 Å². The Morgan fingerprint density at radius 3 is 2.81 bits per heavy atom. The summed E-state index contributed by atoms with van der Waals surface area (Å²) in [7, 11) is 0. The van der Waals surface area contributed by atoms with Crippen molar-refractivity contribution < 1.29 is 4.42 Å².